The summed E-state index contributed by atoms with van der Waals surface area (Å²) in [5.41, 5.74) is 0.263. The maximum absolute atomic E-state index is 12.3. The fourth-order valence-corrected chi connectivity index (χ4v) is 2.32. The van der Waals surface area contributed by atoms with E-state index in [1.165, 1.54) is 0 Å². The van der Waals surface area contributed by atoms with Gasteiger partial charge in [0, 0.05) is 24.2 Å². The Balaban J connectivity index is 2.47. The normalized spacial score (nSPS) is 11.7. The predicted molar refractivity (Wildman–Crippen MR) is 106 cm³/mol. The number of carbonyl (C=O) groups excluding carboxylic acids is 3. The molecule has 0 aromatic heterocycles. The molecule has 0 bridgehead atoms. The van der Waals surface area contributed by atoms with Crippen LogP contribution in [0, 0.1) is 17.2 Å². The molecule has 1 unspecified atom stereocenters. The lowest BCUT2D eigenvalue weighted by atomic mass is 10.0. The first-order valence-electron chi connectivity index (χ1n) is 9.12. The fourth-order valence-electron chi connectivity index (χ4n) is 2.32. The Morgan fingerprint density at radius 3 is 2.57 bits per heavy atom. The minimum Gasteiger partial charge on any atom is -0.444 e. The maximum atomic E-state index is 12.3. The van der Waals surface area contributed by atoms with Crippen LogP contribution in [-0.4, -0.2) is 36.6 Å². The second-order valence-electron chi connectivity index (χ2n) is 7.50. The highest BCUT2D eigenvalue weighted by atomic mass is 16.6. The zero-order valence-corrected chi connectivity index (χ0v) is 16.8. The van der Waals surface area contributed by atoms with E-state index in [1.54, 1.807) is 45.0 Å². The molecule has 1 atom stereocenters. The number of amides is 3. The zero-order valence-electron chi connectivity index (χ0n) is 16.8. The van der Waals surface area contributed by atoms with Gasteiger partial charge in [-0.2, -0.15) is 5.26 Å². The van der Waals surface area contributed by atoms with Gasteiger partial charge in [0.2, 0.25) is 5.91 Å². The summed E-state index contributed by atoms with van der Waals surface area (Å²) in [6.45, 7) is 7.62. The number of nitrogens with one attached hydrogen (secondary N) is 3. The number of rotatable bonds is 8. The van der Waals surface area contributed by atoms with E-state index in [2.05, 4.69) is 16.0 Å². The molecule has 0 heterocycles. The Morgan fingerprint density at radius 1 is 1.21 bits per heavy atom. The van der Waals surface area contributed by atoms with Gasteiger partial charge in [-0.1, -0.05) is 13.0 Å². The van der Waals surface area contributed by atoms with Crippen molar-refractivity contribution in [2.75, 3.05) is 18.4 Å². The topological polar surface area (TPSA) is 120 Å². The second-order valence-corrected chi connectivity index (χ2v) is 7.50. The van der Waals surface area contributed by atoms with Gasteiger partial charge in [0.1, 0.15) is 12.1 Å². The summed E-state index contributed by atoms with van der Waals surface area (Å²) >= 11 is 0. The van der Waals surface area contributed by atoms with Gasteiger partial charge in [0.15, 0.2) is 0 Å². The molecule has 8 nitrogen and oxygen atoms in total. The van der Waals surface area contributed by atoms with E-state index in [4.69, 9.17) is 10.00 Å². The number of carbonyl (C=O) groups is 3. The number of ether oxygens (including phenoxy) is 1. The first kappa shape index (κ1) is 23.0. The number of hydrogen-bond acceptors (Lipinski definition) is 5. The van der Waals surface area contributed by atoms with Crippen molar-refractivity contribution in [3.05, 3.63) is 29.8 Å². The number of nitriles is 1. The Kier molecular flexibility index (Phi) is 8.96. The van der Waals surface area contributed by atoms with Crippen LogP contribution in [-0.2, 0) is 9.53 Å². The van der Waals surface area contributed by atoms with Gasteiger partial charge in [-0.25, -0.2) is 4.79 Å². The van der Waals surface area contributed by atoms with Gasteiger partial charge < -0.3 is 15.4 Å². The highest BCUT2D eigenvalue weighted by Gasteiger charge is 2.16. The second kappa shape index (κ2) is 10.9. The maximum Gasteiger partial charge on any atom is 0.412 e. The molecule has 1 rings (SSSR count). The summed E-state index contributed by atoms with van der Waals surface area (Å²) in [6.07, 6.45) is 0.336. The Bertz CT molecular complexity index is 734. The van der Waals surface area contributed by atoms with Crippen LogP contribution in [0.1, 0.15) is 50.9 Å². The van der Waals surface area contributed by atoms with Gasteiger partial charge in [-0.05, 0) is 51.3 Å². The fraction of sp³-hybridized carbons (Fsp3) is 0.500. The zero-order chi connectivity index (χ0) is 21.2. The lowest BCUT2D eigenvalue weighted by Crippen LogP contribution is -2.29. The summed E-state index contributed by atoms with van der Waals surface area (Å²) in [6, 6.07) is 8.41. The third-order valence-corrected chi connectivity index (χ3v) is 3.59. The van der Waals surface area contributed by atoms with E-state index in [1.807, 2.05) is 13.0 Å². The van der Waals surface area contributed by atoms with Crippen LogP contribution in [0.15, 0.2) is 24.3 Å². The van der Waals surface area contributed by atoms with Gasteiger partial charge in [0.05, 0.1) is 6.07 Å². The van der Waals surface area contributed by atoms with Gasteiger partial charge in [-0.15, -0.1) is 0 Å². The van der Waals surface area contributed by atoms with Gasteiger partial charge >= 0.3 is 6.09 Å². The largest absolute Gasteiger partial charge is 0.444 e. The molecular weight excluding hydrogens is 360 g/mol. The molecule has 0 fully saturated rings. The van der Waals surface area contributed by atoms with Crippen LogP contribution in [0.4, 0.5) is 10.5 Å². The van der Waals surface area contributed by atoms with Crippen molar-refractivity contribution in [2.24, 2.45) is 5.92 Å². The first-order chi connectivity index (χ1) is 13.1. The highest BCUT2D eigenvalue weighted by molar-refractivity contribution is 5.96. The van der Waals surface area contributed by atoms with Gasteiger partial charge in [0.25, 0.3) is 5.91 Å². The van der Waals surface area contributed by atoms with Crippen molar-refractivity contribution >= 4 is 23.6 Å². The Hall–Kier alpha value is -3.08. The third-order valence-electron chi connectivity index (χ3n) is 3.59. The Labute approximate surface area is 165 Å². The molecule has 8 heteroatoms. The average Bonchev–Trinajstić information content (AvgIpc) is 2.58. The quantitative estimate of drug-likeness (QED) is 0.592. The summed E-state index contributed by atoms with van der Waals surface area (Å²) in [4.78, 5) is 35.7. The summed E-state index contributed by atoms with van der Waals surface area (Å²) < 4.78 is 5.19. The lowest BCUT2D eigenvalue weighted by molar-refractivity contribution is -0.121. The Morgan fingerprint density at radius 2 is 1.93 bits per heavy atom. The molecule has 1 aromatic rings. The molecule has 28 heavy (non-hydrogen) atoms. The molecule has 3 N–H and O–H groups in total. The van der Waals surface area contributed by atoms with Crippen LogP contribution in [0.25, 0.3) is 0 Å². The van der Waals surface area contributed by atoms with Crippen LogP contribution in [0.3, 0.4) is 0 Å². The SMILES string of the molecule is CC(CCNC(=O)c1cccc(NC(=O)OC(C)(C)C)c1)CC(=O)NCC#N. The number of hydrogen-bond donors (Lipinski definition) is 3. The smallest absolute Gasteiger partial charge is 0.412 e. The van der Waals surface area contributed by atoms with Crippen molar-refractivity contribution in [3.63, 3.8) is 0 Å². The van der Waals surface area contributed by atoms with Crippen LogP contribution in [0.5, 0.6) is 0 Å². The van der Waals surface area contributed by atoms with E-state index in [9.17, 15) is 14.4 Å². The van der Waals surface area contributed by atoms with Gasteiger partial charge in [-0.3, -0.25) is 14.9 Å². The summed E-state index contributed by atoms with van der Waals surface area (Å²) in [7, 11) is 0. The lowest BCUT2D eigenvalue weighted by Gasteiger charge is -2.19. The summed E-state index contributed by atoms with van der Waals surface area (Å²) in [5.74, 6) is -0.380. The molecule has 0 saturated carbocycles. The minimum absolute atomic E-state index is 0.00401. The summed E-state index contributed by atoms with van der Waals surface area (Å²) in [5, 5.41) is 16.3. The predicted octanol–water partition coefficient (Wildman–Crippen LogP) is 2.82. The molecule has 0 saturated heterocycles. The van der Waals surface area contributed by atoms with Crippen molar-refractivity contribution in [2.45, 2.75) is 46.1 Å². The molecule has 0 aliphatic carbocycles. The van der Waals surface area contributed by atoms with Crippen molar-refractivity contribution in [1.82, 2.24) is 10.6 Å². The van der Waals surface area contributed by atoms with E-state index in [0.717, 1.165) is 0 Å². The molecule has 0 radical (unpaired) electrons. The molecule has 0 aliphatic rings. The molecule has 1 aromatic carbocycles. The molecular formula is C20H28N4O4. The number of benzene rings is 1. The molecule has 0 aliphatic heterocycles. The van der Waals surface area contributed by atoms with Crippen LogP contribution in [0.2, 0.25) is 0 Å². The van der Waals surface area contributed by atoms with Crippen molar-refractivity contribution in [1.29, 1.82) is 5.26 Å². The van der Waals surface area contributed by atoms with Crippen molar-refractivity contribution < 1.29 is 19.1 Å². The van der Waals surface area contributed by atoms with Crippen LogP contribution < -0.4 is 16.0 Å². The third kappa shape index (κ3) is 9.57. The standard InChI is InChI=1S/C20H28N4O4/c1-14(12-17(25)22-11-9-21)8-10-23-18(26)15-6-5-7-16(13-15)24-19(27)28-20(2,3)4/h5-7,13-14H,8,10-12H2,1-4H3,(H,22,25)(H,23,26)(H,24,27). The van der Waals surface area contributed by atoms with E-state index >= 15 is 0 Å². The highest BCUT2D eigenvalue weighted by Crippen LogP contribution is 2.14. The number of anilines is 1. The van der Waals surface area contributed by atoms with E-state index in [0.29, 0.717) is 30.6 Å². The van der Waals surface area contributed by atoms with E-state index < -0.39 is 11.7 Å². The molecule has 0 spiro atoms. The van der Waals surface area contributed by atoms with Crippen molar-refractivity contribution in [3.8, 4) is 6.07 Å². The molecule has 3 amide bonds. The average molecular weight is 388 g/mol. The van der Waals surface area contributed by atoms with E-state index in [-0.39, 0.29) is 24.3 Å². The first-order valence-corrected chi connectivity index (χ1v) is 9.12. The monoisotopic (exact) mass is 388 g/mol. The number of nitrogens with zero attached hydrogens (tertiary/aromatic N) is 1. The van der Waals surface area contributed by atoms with Crippen LogP contribution >= 0.6 is 0 Å². The molecule has 152 valence electrons. The minimum atomic E-state index is -0.610.